The summed E-state index contributed by atoms with van der Waals surface area (Å²) in [5, 5.41) is 0. The van der Waals surface area contributed by atoms with Crippen molar-refractivity contribution in [3.63, 3.8) is 0 Å². The van der Waals surface area contributed by atoms with Gasteiger partial charge in [-0.1, -0.05) is 61.5 Å². The van der Waals surface area contributed by atoms with Gasteiger partial charge in [0.15, 0.2) is 0 Å². The van der Waals surface area contributed by atoms with Crippen LogP contribution in [0.5, 0.6) is 11.8 Å². The van der Waals surface area contributed by atoms with Crippen LogP contribution in [0.4, 0.5) is 5.69 Å². The molecule has 0 N–H and O–H groups in total. The van der Waals surface area contributed by atoms with Gasteiger partial charge in [0.25, 0.3) is 5.91 Å². The first kappa shape index (κ1) is 26.5. The molecular formula is C33H32N4O4. The number of aromatic nitrogens is 2. The van der Waals surface area contributed by atoms with Gasteiger partial charge in [-0.25, -0.2) is 9.97 Å². The molecule has 3 aromatic carbocycles. The number of nitrogens with zero attached hydrogens (tertiary/aromatic N) is 4. The fourth-order valence-electron chi connectivity index (χ4n) is 6.01. The standard InChI is InChI=1S/C33H32N4O4/c1-5-23-9-8-10-25(18-23)33-27-11-6-7-12-28(27)36(19-24-13-15-26(40-4)16-14-24)29(38)20-37(33)31(39)30(33)41-32-34-21(2)17-22(3)35-32/h6-18,30H,5,19-20H2,1-4H3/t30-,33+/m1/s1. The van der Waals surface area contributed by atoms with E-state index in [9.17, 15) is 9.59 Å². The number of fused-ring (bicyclic) bond motifs is 3. The molecule has 3 heterocycles. The first-order chi connectivity index (χ1) is 19.8. The Balaban J connectivity index is 1.53. The van der Waals surface area contributed by atoms with Crippen molar-refractivity contribution in [3.05, 3.63) is 113 Å². The van der Waals surface area contributed by atoms with Crippen molar-refractivity contribution < 1.29 is 19.1 Å². The van der Waals surface area contributed by atoms with Crippen molar-refractivity contribution in [1.82, 2.24) is 14.9 Å². The molecule has 41 heavy (non-hydrogen) atoms. The number of hydrogen-bond donors (Lipinski definition) is 0. The zero-order valence-electron chi connectivity index (χ0n) is 23.6. The largest absolute Gasteiger partial charge is 0.497 e. The van der Waals surface area contributed by atoms with E-state index in [-0.39, 0.29) is 24.4 Å². The fraction of sp³-hybridized carbons (Fsp3) is 0.273. The molecule has 1 saturated heterocycles. The number of carbonyl (C=O) groups is 2. The van der Waals surface area contributed by atoms with E-state index in [1.54, 1.807) is 16.9 Å². The summed E-state index contributed by atoms with van der Waals surface area (Å²) >= 11 is 0. The summed E-state index contributed by atoms with van der Waals surface area (Å²) in [5.41, 5.74) is 4.97. The number of benzene rings is 3. The van der Waals surface area contributed by atoms with E-state index in [2.05, 4.69) is 29.0 Å². The minimum Gasteiger partial charge on any atom is -0.497 e. The van der Waals surface area contributed by atoms with E-state index in [4.69, 9.17) is 9.47 Å². The third kappa shape index (κ3) is 4.40. The molecular weight excluding hydrogens is 516 g/mol. The van der Waals surface area contributed by atoms with Gasteiger partial charge in [-0.15, -0.1) is 0 Å². The highest BCUT2D eigenvalue weighted by molar-refractivity contribution is 6.04. The average molecular weight is 549 g/mol. The van der Waals surface area contributed by atoms with Crippen LogP contribution in [0.25, 0.3) is 0 Å². The maximum atomic E-state index is 13.9. The van der Waals surface area contributed by atoms with Crippen LogP contribution in [0.15, 0.2) is 78.9 Å². The molecule has 4 aromatic rings. The first-order valence-corrected chi connectivity index (χ1v) is 13.8. The van der Waals surface area contributed by atoms with E-state index in [1.807, 2.05) is 80.6 Å². The molecule has 1 aromatic heterocycles. The van der Waals surface area contributed by atoms with Crippen LogP contribution < -0.4 is 14.4 Å². The summed E-state index contributed by atoms with van der Waals surface area (Å²) in [6, 6.07) is 25.6. The number of rotatable bonds is 7. The summed E-state index contributed by atoms with van der Waals surface area (Å²) in [6.45, 7) is 6.09. The summed E-state index contributed by atoms with van der Waals surface area (Å²) in [4.78, 5) is 40.2. The Morgan fingerprint density at radius 3 is 2.34 bits per heavy atom. The molecule has 0 unspecified atom stereocenters. The third-order valence-corrected chi connectivity index (χ3v) is 7.96. The Hall–Kier alpha value is -4.72. The normalized spacial score (nSPS) is 19.7. The maximum Gasteiger partial charge on any atom is 0.317 e. The second kappa shape index (κ2) is 10.4. The van der Waals surface area contributed by atoms with Crippen molar-refractivity contribution in [3.8, 4) is 11.8 Å². The number of β-lactam (4-membered cyclic amide) rings is 1. The topological polar surface area (TPSA) is 84.9 Å². The molecule has 2 aliphatic rings. The summed E-state index contributed by atoms with van der Waals surface area (Å²) < 4.78 is 11.7. The number of para-hydroxylation sites is 1. The van der Waals surface area contributed by atoms with Crippen LogP contribution in [-0.4, -0.2) is 46.4 Å². The molecule has 208 valence electrons. The predicted octanol–water partition coefficient (Wildman–Crippen LogP) is 4.74. The molecule has 0 saturated carbocycles. The van der Waals surface area contributed by atoms with E-state index in [0.29, 0.717) is 6.54 Å². The average Bonchev–Trinajstić information content (AvgIpc) is 3.07. The van der Waals surface area contributed by atoms with Crippen LogP contribution in [0, 0.1) is 13.8 Å². The maximum absolute atomic E-state index is 13.9. The van der Waals surface area contributed by atoms with Gasteiger partial charge in [0.1, 0.15) is 17.8 Å². The van der Waals surface area contributed by atoms with Gasteiger partial charge >= 0.3 is 6.01 Å². The molecule has 2 atom stereocenters. The van der Waals surface area contributed by atoms with Crippen LogP contribution in [0.1, 0.15) is 40.6 Å². The molecule has 0 bridgehead atoms. The van der Waals surface area contributed by atoms with Crippen molar-refractivity contribution in [2.24, 2.45) is 0 Å². The number of ether oxygens (including phenoxy) is 2. The van der Waals surface area contributed by atoms with Gasteiger partial charge in [-0.3, -0.25) is 9.59 Å². The first-order valence-electron chi connectivity index (χ1n) is 13.8. The lowest BCUT2D eigenvalue weighted by molar-refractivity contribution is -0.178. The Kier molecular flexibility index (Phi) is 6.69. The molecule has 8 heteroatoms. The smallest absolute Gasteiger partial charge is 0.317 e. The third-order valence-electron chi connectivity index (χ3n) is 7.96. The Labute approximate surface area is 239 Å². The van der Waals surface area contributed by atoms with Crippen LogP contribution in [-0.2, 0) is 28.1 Å². The number of aryl methyl sites for hydroxylation is 3. The number of methoxy groups -OCH3 is 1. The zero-order valence-corrected chi connectivity index (χ0v) is 23.6. The lowest BCUT2D eigenvalue weighted by Gasteiger charge is -2.56. The van der Waals surface area contributed by atoms with Gasteiger partial charge in [-0.05, 0) is 61.2 Å². The second-order valence-corrected chi connectivity index (χ2v) is 10.5. The number of amides is 2. The quantitative estimate of drug-likeness (QED) is 0.310. The van der Waals surface area contributed by atoms with Gasteiger partial charge in [0, 0.05) is 17.0 Å². The van der Waals surface area contributed by atoms with E-state index >= 15 is 0 Å². The fourth-order valence-corrected chi connectivity index (χ4v) is 6.01. The molecule has 1 fully saturated rings. The number of carbonyl (C=O) groups excluding carboxylic acids is 2. The van der Waals surface area contributed by atoms with Gasteiger partial charge in [0.05, 0.1) is 19.3 Å². The molecule has 0 spiro atoms. The van der Waals surface area contributed by atoms with Crippen molar-refractivity contribution in [1.29, 1.82) is 0 Å². The molecule has 6 rings (SSSR count). The monoisotopic (exact) mass is 548 g/mol. The predicted molar refractivity (Wildman–Crippen MR) is 155 cm³/mol. The highest BCUT2D eigenvalue weighted by Crippen LogP contribution is 2.53. The molecule has 2 amide bonds. The minimum absolute atomic E-state index is 0.0897. The summed E-state index contributed by atoms with van der Waals surface area (Å²) in [6.07, 6.45) is -0.126. The Morgan fingerprint density at radius 2 is 1.63 bits per heavy atom. The van der Waals surface area contributed by atoms with Crippen molar-refractivity contribution in [2.45, 2.75) is 45.4 Å². The molecule has 0 aliphatic carbocycles. The zero-order chi connectivity index (χ0) is 28.7. The summed E-state index contributed by atoms with van der Waals surface area (Å²) in [7, 11) is 1.62. The van der Waals surface area contributed by atoms with Gasteiger partial charge in [0.2, 0.25) is 12.0 Å². The highest BCUT2D eigenvalue weighted by atomic mass is 16.5. The SMILES string of the molecule is CCc1cccc([C@@]23c4ccccc4N(Cc4ccc(OC)cc4)C(=O)CN2C(=O)[C@H]3Oc2nc(C)cc(C)n2)c1. The number of hydrogen-bond acceptors (Lipinski definition) is 6. The van der Waals surface area contributed by atoms with E-state index in [1.165, 1.54) is 0 Å². The molecule has 2 aliphatic heterocycles. The lowest BCUT2D eigenvalue weighted by atomic mass is 9.69. The lowest BCUT2D eigenvalue weighted by Crippen LogP contribution is -2.74. The summed E-state index contributed by atoms with van der Waals surface area (Å²) in [5.74, 6) is 0.301. The Morgan fingerprint density at radius 1 is 0.902 bits per heavy atom. The van der Waals surface area contributed by atoms with Crippen LogP contribution in [0.2, 0.25) is 0 Å². The molecule has 0 radical (unpaired) electrons. The Bertz CT molecular complexity index is 1620. The van der Waals surface area contributed by atoms with Gasteiger partial charge < -0.3 is 19.3 Å². The minimum atomic E-state index is -1.05. The number of anilines is 1. The van der Waals surface area contributed by atoms with Crippen molar-refractivity contribution in [2.75, 3.05) is 18.6 Å². The van der Waals surface area contributed by atoms with Crippen LogP contribution in [0.3, 0.4) is 0 Å². The highest BCUT2D eigenvalue weighted by Gasteiger charge is 2.67. The van der Waals surface area contributed by atoms with Gasteiger partial charge in [-0.2, -0.15) is 0 Å². The van der Waals surface area contributed by atoms with E-state index in [0.717, 1.165) is 51.5 Å². The molecule has 8 nitrogen and oxygen atoms in total. The van der Waals surface area contributed by atoms with Crippen LogP contribution >= 0.6 is 0 Å². The van der Waals surface area contributed by atoms with E-state index < -0.39 is 11.6 Å². The second-order valence-electron chi connectivity index (χ2n) is 10.5. The van der Waals surface area contributed by atoms with Crippen molar-refractivity contribution >= 4 is 17.5 Å².